The second-order valence-corrected chi connectivity index (χ2v) is 6.72. The zero-order valence-corrected chi connectivity index (χ0v) is 14.0. The molecular weight excluding hydrogens is 340 g/mol. The molecule has 2 aliphatic heterocycles. The Morgan fingerprint density at radius 1 is 1.19 bits per heavy atom. The van der Waals surface area contributed by atoms with Gasteiger partial charge < -0.3 is 9.53 Å². The number of rotatable bonds is 3. The highest BCUT2D eigenvalue weighted by molar-refractivity contribution is 6.25. The monoisotopic (exact) mass is 356 g/mol. The van der Waals surface area contributed by atoms with Crippen LogP contribution in [0.4, 0.5) is 0 Å². The Labute approximate surface area is 148 Å². The van der Waals surface area contributed by atoms with Gasteiger partial charge in [-0.1, -0.05) is 0 Å². The highest BCUT2D eigenvalue weighted by atomic mass is 16.5. The largest absolute Gasteiger partial charge is 0.496 e. The first-order chi connectivity index (χ1) is 12.5. The fourth-order valence-corrected chi connectivity index (χ4v) is 4.03. The molecule has 4 rings (SSSR count). The second kappa shape index (κ2) is 5.76. The van der Waals surface area contributed by atoms with Crippen molar-refractivity contribution in [3.05, 3.63) is 28.3 Å². The van der Waals surface area contributed by atoms with Gasteiger partial charge in [0, 0.05) is 12.3 Å². The summed E-state index contributed by atoms with van der Waals surface area (Å²) < 4.78 is 5.42. The van der Waals surface area contributed by atoms with Crippen molar-refractivity contribution in [1.82, 2.24) is 10.2 Å². The molecule has 1 aromatic rings. The van der Waals surface area contributed by atoms with Crippen molar-refractivity contribution in [1.29, 1.82) is 0 Å². The van der Waals surface area contributed by atoms with Gasteiger partial charge in [0.2, 0.25) is 11.8 Å². The number of nitrogens with zero attached hydrogens (tertiary/aromatic N) is 1. The molecule has 0 bridgehead atoms. The first-order valence-electron chi connectivity index (χ1n) is 8.35. The molecule has 4 amide bonds. The van der Waals surface area contributed by atoms with Crippen molar-refractivity contribution < 1.29 is 28.7 Å². The average molecular weight is 356 g/mol. The van der Waals surface area contributed by atoms with Crippen LogP contribution in [0.5, 0.6) is 5.75 Å². The van der Waals surface area contributed by atoms with Crippen LogP contribution in [0.1, 0.15) is 44.7 Å². The highest BCUT2D eigenvalue weighted by Crippen LogP contribution is 2.42. The summed E-state index contributed by atoms with van der Waals surface area (Å²) in [5.74, 6) is -2.14. The molecule has 2 unspecified atom stereocenters. The molecule has 0 aromatic heterocycles. The lowest BCUT2D eigenvalue weighted by molar-refractivity contribution is -0.136. The number of hydrogen-bond acceptors (Lipinski definition) is 6. The van der Waals surface area contributed by atoms with Crippen molar-refractivity contribution in [3.63, 3.8) is 0 Å². The minimum atomic E-state index is -1.01. The number of imide groups is 2. The van der Waals surface area contributed by atoms with Gasteiger partial charge in [0.1, 0.15) is 18.1 Å². The maximum Gasteiger partial charge on any atom is 0.266 e. The number of nitrogens with one attached hydrogen (secondary N) is 1. The summed E-state index contributed by atoms with van der Waals surface area (Å²) in [6, 6.07) is 0.616. The van der Waals surface area contributed by atoms with E-state index < -0.39 is 29.7 Å². The maximum atomic E-state index is 13.0. The number of hydrogen-bond donors (Lipinski definition) is 1. The fourth-order valence-electron chi connectivity index (χ4n) is 4.03. The third-order valence-electron chi connectivity index (χ3n) is 5.23. The molecule has 3 aliphatic rings. The van der Waals surface area contributed by atoms with Crippen molar-refractivity contribution in [3.8, 4) is 5.75 Å². The highest BCUT2D eigenvalue weighted by Gasteiger charge is 2.47. The normalized spacial score (nSPS) is 24.4. The maximum absolute atomic E-state index is 13.0. The summed E-state index contributed by atoms with van der Waals surface area (Å²) in [5.41, 5.74) is 1.88. The van der Waals surface area contributed by atoms with E-state index in [4.69, 9.17) is 4.74 Å². The number of ether oxygens (including phenoxy) is 1. The van der Waals surface area contributed by atoms with Crippen molar-refractivity contribution in [2.75, 3.05) is 7.11 Å². The smallest absolute Gasteiger partial charge is 0.266 e. The van der Waals surface area contributed by atoms with E-state index in [1.807, 2.05) is 0 Å². The predicted octanol–water partition coefficient (Wildman–Crippen LogP) is 0.0101. The minimum Gasteiger partial charge on any atom is -0.496 e. The van der Waals surface area contributed by atoms with Crippen molar-refractivity contribution in [2.24, 2.45) is 5.92 Å². The Morgan fingerprint density at radius 2 is 1.96 bits per heavy atom. The van der Waals surface area contributed by atoms with E-state index in [-0.39, 0.29) is 29.9 Å². The Kier molecular flexibility index (Phi) is 3.64. The number of amides is 4. The van der Waals surface area contributed by atoms with E-state index >= 15 is 0 Å². The molecule has 1 saturated heterocycles. The van der Waals surface area contributed by atoms with E-state index in [2.05, 4.69) is 5.32 Å². The van der Waals surface area contributed by atoms with Crippen LogP contribution in [0.15, 0.2) is 6.07 Å². The zero-order valence-electron chi connectivity index (χ0n) is 14.0. The molecule has 0 spiro atoms. The Morgan fingerprint density at radius 3 is 2.62 bits per heavy atom. The van der Waals surface area contributed by atoms with E-state index in [1.54, 1.807) is 6.07 Å². The molecule has 8 nitrogen and oxygen atoms in total. The van der Waals surface area contributed by atoms with Crippen LogP contribution in [0.2, 0.25) is 0 Å². The summed E-state index contributed by atoms with van der Waals surface area (Å²) in [7, 11) is 1.41. The summed E-state index contributed by atoms with van der Waals surface area (Å²) in [5, 5.41) is 2.17. The number of methoxy groups -OCH3 is 1. The first kappa shape index (κ1) is 16.4. The van der Waals surface area contributed by atoms with Gasteiger partial charge in [-0.15, -0.1) is 0 Å². The number of fused-ring (bicyclic) bond motifs is 2. The molecular formula is C18H16N2O6. The van der Waals surface area contributed by atoms with Crippen LogP contribution in [0.25, 0.3) is 0 Å². The quantitative estimate of drug-likeness (QED) is 0.603. The fraction of sp³-hybridized carbons (Fsp3) is 0.389. The first-order valence-corrected chi connectivity index (χ1v) is 8.35. The van der Waals surface area contributed by atoms with Gasteiger partial charge in [-0.3, -0.25) is 29.4 Å². The van der Waals surface area contributed by atoms with Crippen LogP contribution >= 0.6 is 0 Å². The molecule has 26 heavy (non-hydrogen) atoms. The number of carbonyl (C=O) groups excluding carboxylic acids is 5. The second-order valence-electron chi connectivity index (χ2n) is 6.72. The lowest BCUT2D eigenvalue weighted by atomic mass is 9.99. The third-order valence-corrected chi connectivity index (χ3v) is 5.23. The van der Waals surface area contributed by atoms with Gasteiger partial charge in [0.05, 0.1) is 18.2 Å². The van der Waals surface area contributed by atoms with Gasteiger partial charge in [0.15, 0.2) is 0 Å². The van der Waals surface area contributed by atoms with Gasteiger partial charge in [-0.25, -0.2) is 0 Å². The van der Waals surface area contributed by atoms with Crippen LogP contribution in [-0.2, 0) is 27.2 Å². The van der Waals surface area contributed by atoms with Crippen LogP contribution in [-0.4, -0.2) is 48.0 Å². The molecule has 0 saturated carbocycles. The van der Waals surface area contributed by atoms with Crippen LogP contribution in [0, 0.1) is 5.92 Å². The van der Waals surface area contributed by atoms with Crippen LogP contribution < -0.4 is 10.1 Å². The lowest BCUT2D eigenvalue weighted by Gasteiger charge is -2.27. The van der Waals surface area contributed by atoms with Crippen molar-refractivity contribution in [2.45, 2.75) is 31.7 Å². The van der Waals surface area contributed by atoms with E-state index in [1.165, 1.54) is 7.11 Å². The summed E-state index contributed by atoms with van der Waals surface area (Å²) in [6.45, 7) is 0. The summed E-state index contributed by atoms with van der Waals surface area (Å²) in [6.07, 6.45) is 1.98. The molecule has 8 heteroatoms. The number of piperidine rings is 1. The lowest BCUT2D eigenvalue weighted by Crippen LogP contribution is -2.54. The standard InChI is InChI=1S/C18H16N2O6/c1-26-15-10-5-8(7-21)4-9(10)6-11-14(15)18(25)20(17(11)24)12-2-3-13(22)19-16(12)23/h6-8,12H,2-5H2,1H3,(H,19,22,23). The van der Waals surface area contributed by atoms with Gasteiger partial charge in [0.25, 0.3) is 11.8 Å². The zero-order chi connectivity index (χ0) is 18.6. The minimum absolute atomic E-state index is 0.0679. The topological polar surface area (TPSA) is 110 Å². The van der Waals surface area contributed by atoms with E-state index in [0.29, 0.717) is 18.6 Å². The number of carbonyl (C=O) groups is 5. The van der Waals surface area contributed by atoms with Gasteiger partial charge in [-0.05, 0) is 36.5 Å². The van der Waals surface area contributed by atoms with E-state index in [9.17, 15) is 24.0 Å². The van der Waals surface area contributed by atoms with E-state index in [0.717, 1.165) is 22.3 Å². The summed E-state index contributed by atoms with van der Waals surface area (Å²) >= 11 is 0. The molecule has 1 aliphatic carbocycles. The SMILES string of the molecule is COc1c2c(cc3c1C(=O)N(C1CCC(=O)NC1=O)C3=O)CC(C=O)C2. The summed E-state index contributed by atoms with van der Waals surface area (Å²) in [4.78, 5) is 61.3. The molecule has 2 atom stereocenters. The third kappa shape index (κ3) is 2.18. The Balaban J connectivity index is 1.78. The average Bonchev–Trinajstić information content (AvgIpc) is 3.13. The molecule has 2 heterocycles. The van der Waals surface area contributed by atoms with Crippen LogP contribution in [0.3, 0.4) is 0 Å². The number of benzene rings is 1. The van der Waals surface area contributed by atoms with Gasteiger partial charge >= 0.3 is 0 Å². The Hall–Kier alpha value is -3.03. The Bertz CT molecular complexity index is 890. The molecule has 1 aromatic carbocycles. The van der Waals surface area contributed by atoms with Crippen molar-refractivity contribution >= 4 is 29.9 Å². The molecule has 0 radical (unpaired) electrons. The number of aldehydes is 1. The molecule has 1 N–H and O–H groups in total. The molecule has 1 fully saturated rings. The predicted molar refractivity (Wildman–Crippen MR) is 86.6 cm³/mol. The molecule has 134 valence electrons. The van der Waals surface area contributed by atoms with Gasteiger partial charge in [-0.2, -0.15) is 0 Å².